The first kappa shape index (κ1) is 26.9. The van der Waals surface area contributed by atoms with Gasteiger partial charge in [-0.05, 0) is 22.0 Å². The summed E-state index contributed by atoms with van der Waals surface area (Å²) in [5.74, 6) is 0.456. The first-order valence-electron chi connectivity index (χ1n) is 7.18. The van der Waals surface area contributed by atoms with Crippen LogP contribution in [0.4, 0.5) is 0 Å². The minimum atomic E-state index is -0.00859. The number of phenolic OH excluding ortho intramolecular Hbond substituents is 1. The first-order chi connectivity index (χ1) is 9.14. The second-order valence-corrected chi connectivity index (χ2v) is 7.20. The van der Waals surface area contributed by atoms with E-state index in [1.54, 1.807) is 0 Å². The Labute approximate surface area is 154 Å². The van der Waals surface area contributed by atoms with Crippen LogP contribution in [-0.2, 0) is 32.5 Å². The van der Waals surface area contributed by atoms with Crippen LogP contribution in [-0.4, -0.2) is 5.11 Å². The molecule has 0 bridgehead atoms. The van der Waals surface area contributed by atoms with Crippen molar-refractivity contribution in [3.05, 3.63) is 53.6 Å². The number of hydrogen-bond acceptors (Lipinski definition) is 1. The fourth-order valence-electron chi connectivity index (χ4n) is 2.09. The van der Waals surface area contributed by atoms with Crippen molar-refractivity contribution in [2.75, 3.05) is 0 Å². The average molecular weight is 357 g/mol. The van der Waals surface area contributed by atoms with Gasteiger partial charge in [0, 0.05) is 0 Å². The van der Waals surface area contributed by atoms with E-state index in [1.807, 2.05) is 30.4 Å². The van der Waals surface area contributed by atoms with E-state index in [9.17, 15) is 5.11 Å². The standard InChI is InChI=1S/C14H22O.C5H5.2FH.Ti/c1-13(2,3)10-8-7-9-11(12(10)15)14(4,5)6;1-2-4-5-3-1;;;/h7-9,15H,1-6H3;1-3H,4H2;2*1H;/q;-1;;;+3/p-2. The molecule has 1 N–H and O–H groups in total. The molecule has 0 amide bonds. The number of halogens is 2. The number of benzene rings is 1. The SMILES string of the molecule is CC(C)(C)c1cccc(C(C)(C)C)c1O.[C-]1=CC=CC1.[F-].[F-].[Ti+3]. The fraction of sp³-hybridized carbons (Fsp3) is 0.474. The third-order valence-electron chi connectivity index (χ3n) is 3.24. The molecular formula is C19H27F2OTi. The van der Waals surface area contributed by atoms with E-state index < -0.39 is 0 Å². The van der Waals surface area contributed by atoms with Crippen LogP contribution in [0.2, 0.25) is 0 Å². The smallest absolute Gasteiger partial charge is 1.00 e. The van der Waals surface area contributed by atoms with E-state index in [-0.39, 0.29) is 42.0 Å². The maximum Gasteiger partial charge on any atom is 3.00 e. The molecule has 4 heteroatoms. The van der Waals surface area contributed by atoms with Gasteiger partial charge in [0.2, 0.25) is 0 Å². The van der Waals surface area contributed by atoms with Crippen LogP contribution >= 0.6 is 0 Å². The zero-order valence-electron chi connectivity index (χ0n) is 14.9. The van der Waals surface area contributed by atoms with E-state index >= 15 is 0 Å². The molecule has 0 spiro atoms. The summed E-state index contributed by atoms with van der Waals surface area (Å²) in [5.41, 5.74) is 2.03. The van der Waals surface area contributed by atoms with Crippen molar-refractivity contribution < 1.29 is 36.2 Å². The predicted octanol–water partition coefficient (Wildman–Crippen LogP) is -0.702. The molecule has 0 aliphatic heterocycles. The van der Waals surface area contributed by atoms with Crippen molar-refractivity contribution >= 4 is 0 Å². The Morgan fingerprint density at radius 2 is 1.35 bits per heavy atom. The Morgan fingerprint density at radius 1 is 0.913 bits per heavy atom. The summed E-state index contributed by atoms with van der Waals surface area (Å²) in [6.07, 6.45) is 10.0. The quantitative estimate of drug-likeness (QED) is 0.481. The molecule has 0 heterocycles. The molecule has 2 rings (SSSR count). The van der Waals surface area contributed by atoms with Crippen LogP contribution in [0.25, 0.3) is 0 Å². The van der Waals surface area contributed by atoms with E-state index in [0.29, 0.717) is 5.75 Å². The summed E-state index contributed by atoms with van der Waals surface area (Å²) in [6.45, 7) is 12.7. The average Bonchev–Trinajstić information content (AvgIpc) is 2.84. The number of para-hydroxylation sites is 1. The molecule has 0 saturated carbocycles. The molecule has 23 heavy (non-hydrogen) atoms. The summed E-state index contributed by atoms with van der Waals surface area (Å²) in [4.78, 5) is 0. The minimum Gasteiger partial charge on any atom is -1.00 e. The molecule has 1 aliphatic carbocycles. The Morgan fingerprint density at radius 3 is 1.57 bits per heavy atom. The predicted molar refractivity (Wildman–Crippen MR) is 87.1 cm³/mol. The van der Waals surface area contributed by atoms with Gasteiger partial charge in [-0.1, -0.05) is 59.7 Å². The van der Waals surface area contributed by atoms with Gasteiger partial charge in [-0.2, -0.15) is 6.08 Å². The van der Waals surface area contributed by atoms with Gasteiger partial charge in [0.25, 0.3) is 0 Å². The third kappa shape index (κ3) is 8.48. The molecule has 0 saturated heterocycles. The van der Waals surface area contributed by atoms with Crippen LogP contribution in [0.15, 0.2) is 36.4 Å². The van der Waals surface area contributed by atoms with Crippen molar-refractivity contribution in [2.24, 2.45) is 0 Å². The summed E-state index contributed by atoms with van der Waals surface area (Å²) >= 11 is 0. The van der Waals surface area contributed by atoms with Gasteiger partial charge in [0.05, 0.1) is 0 Å². The molecule has 1 radical (unpaired) electrons. The number of rotatable bonds is 0. The summed E-state index contributed by atoms with van der Waals surface area (Å²) in [7, 11) is 0. The van der Waals surface area contributed by atoms with E-state index in [2.05, 4.69) is 53.7 Å². The van der Waals surface area contributed by atoms with E-state index in [4.69, 9.17) is 0 Å². The molecule has 0 fully saturated rings. The third-order valence-corrected chi connectivity index (χ3v) is 3.24. The largest absolute Gasteiger partial charge is 3.00 e. The summed E-state index contributed by atoms with van der Waals surface area (Å²) < 4.78 is 0. The second kappa shape index (κ2) is 10.8. The summed E-state index contributed by atoms with van der Waals surface area (Å²) in [6, 6.07) is 6.04. The van der Waals surface area contributed by atoms with E-state index in [1.165, 1.54) is 0 Å². The zero-order valence-corrected chi connectivity index (χ0v) is 16.4. The number of hydrogen-bond donors (Lipinski definition) is 1. The Kier molecular flexibility index (Phi) is 12.6. The molecular weight excluding hydrogens is 330 g/mol. The van der Waals surface area contributed by atoms with Crippen molar-refractivity contribution in [3.8, 4) is 5.75 Å². The van der Waals surface area contributed by atoms with Crippen molar-refractivity contribution in [1.82, 2.24) is 0 Å². The van der Waals surface area contributed by atoms with Gasteiger partial charge in [0.1, 0.15) is 5.75 Å². The first-order valence-corrected chi connectivity index (χ1v) is 7.18. The molecule has 1 aliphatic rings. The van der Waals surface area contributed by atoms with Crippen molar-refractivity contribution in [3.63, 3.8) is 0 Å². The van der Waals surface area contributed by atoms with Crippen molar-refractivity contribution in [1.29, 1.82) is 0 Å². The summed E-state index contributed by atoms with van der Waals surface area (Å²) in [5, 5.41) is 10.3. The molecule has 0 aromatic heterocycles. The molecule has 127 valence electrons. The van der Waals surface area contributed by atoms with Crippen LogP contribution in [0, 0.1) is 6.08 Å². The Hall–Kier alpha value is -0.926. The van der Waals surface area contributed by atoms with E-state index in [0.717, 1.165) is 17.5 Å². The van der Waals surface area contributed by atoms with Crippen molar-refractivity contribution in [2.45, 2.75) is 58.8 Å². The maximum atomic E-state index is 10.3. The van der Waals surface area contributed by atoms with Crippen LogP contribution in [0.5, 0.6) is 5.75 Å². The van der Waals surface area contributed by atoms with Gasteiger partial charge in [-0.25, -0.2) is 12.2 Å². The fourth-order valence-corrected chi connectivity index (χ4v) is 2.09. The second-order valence-electron chi connectivity index (χ2n) is 7.20. The monoisotopic (exact) mass is 357 g/mol. The van der Waals surface area contributed by atoms with Gasteiger partial charge < -0.3 is 14.5 Å². The minimum absolute atomic E-state index is 0. The van der Waals surface area contributed by atoms with Gasteiger partial charge in [-0.3, -0.25) is 6.08 Å². The Bertz CT molecular complexity index is 467. The molecule has 1 aromatic carbocycles. The number of aromatic hydroxyl groups is 1. The van der Waals surface area contributed by atoms with Gasteiger partial charge >= 0.3 is 21.7 Å². The molecule has 0 atom stereocenters. The molecule has 1 aromatic rings. The number of phenols is 1. The normalized spacial score (nSPS) is 12.3. The van der Waals surface area contributed by atoms with Gasteiger partial charge in [-0.15, -0.1) is 6.42 Å². The van der Waals surface area contributed by atoms with Crippen LogP contribution in [0.1, 0.15) is 59.1 Å². The maximum absolute atomic E-state index is 10.3. The van der Waals surface area contributed by atoms with Gasteiger partial charge in [0.15, 0.2) is 0 Å². The van der Waals surface area contributed by atoms with Crippen LogP contribution in [0.3, 0.4) is 0 Å². The topological polar surface area (TPSA) is 20.2 Å². The molecule has 0 unspecified atom stereocenters. The zero-order chi connectivity index (χ0) is 15.4. The Balaban J connectivity index is -0.000000431. The number of allylic oxidation sites excluding steroid dienone is 4. The molecule has 1 nitrogen and oxygen atoms in total. The van der Waals surface area contributed by atoms with Crippen LogP contribution < -0.4 is 9.41 Å².